The predicted octanol–water partition coefficient (Wildman–Crippen LogP) is 3.97. The van der Waals surface area contributed by atoms with Gasteiger partial charge in [0.15, 0.2) is 0 Å². The molecular formula is C17H26N2O. The van der Waals surface area contributed by atoms with Gasteiger partial charge in [-0.3, -0.25) is 4.79 Å². The highest BCUT2D eigenvalue weighted by molar-refractivity contribution is 5.91. The van der Waals surface area contributed by atoms with Crippen LogP contribution >= 0.6 is 0 Å². The lowest BCUT2D eigenvalue weighted by Crippen LogP contribution is -2.19. The highest BCUT2D eigenvalue weighted by atomic mass is 16.1. The van der Waals surface area contributed by atoms with Crippen LogP contribution in [-0.2, 0) is 4.79 Å². The van der Waals surface area contributed by atoms with Crippen LogP contribution in [0.4, 0.5) is 11.4 Å². The van der Waals surface area contributed by atoms with Gasteiger partial charge < -0.3 is 10.2 Å². The van der Waals surface area contributed by atoms with E-state index in [0.29, 0.717) is 12.3 Å². The third-order valence-electron chi connectivity index (χ3n) is 3.88. The Bertz CT molecular complexity index is 462. The van der Waals surface area contributed by atoms with E-state index in [9.17, 15) is 4.79 Å². The molecule has 0 saturated carbocycles. The molecule has 1 fully saturated rings. The Hall–Kier alpha value is -1.51. The summed E-state index contributed by atoms with van der Waals surface area (Å²) in [6.45, 7) is 8.71. The summed E-state index contributed by atoms with van der Waals surface area (Å²) in [6.07, 6.45) is 4.11. The fraction of sp³-hybridized carbons (Fsp3) is 0.588. The Labute approximate surface area is 122 Å². The van der Waals surface area contributed by atoms with Gasteiger partial charge in [-0.25, -0.2) is 0 Å². The van der Waals surface area contributed by atoms with Crippen LogP contribution in [-0.4, -0.2) is 19.0 Å². The standard InChI is InChI=1S/C17H26N2O/c1-13(2)6-9-17(20)18-15-7-8-16(14(3)12-15)19-10-4-5-11-19/h7-8,12-13H,4-6,9-11H2,1-3H3,(H,18,20). The number of carbonyl (C=O) groups excluding carboxylic acids is 1. The number of benzene rings is 1. The molecule has 0 spiro atoms. The first-order chi connectivity index (χ1) is 9.56. The Kier molecular flexibility index (Phi) is 5.05. The number of hydrogen-bond donors (Lipinski definition) is 1. The summed E-state index contributed by atoms with van der Waals surface area (Å²) in [5, 5.41) is 3.00. The number of nitrogens with one attached hydrogen (secondary N) is 1. The number of amides is 1. The van der Waals surface area contributed by atoms with Crippen molar-refractivity contribution < 1.29 is 4.79 Å². The molecule has 110 valence electrons. The lowest BCUT2D eigenvalue weighted by Gasteiger charge is -2.20. The summed E-state index contributed by atoms with van der Waals surface area (Å²) >= 11 is 0. The van der Waals surface area contributed by atoms with E-state index in [2.05, 4.69) is 43.1 Å². The SMILES string of the molecule is Cc1cc(NC(=O)CCC(C)C)ccc1N1CCCC1. The smallest absolute Gasteiger partial charge is 0.224 e. The zero-order chi connectivity index (χ0) is 14.5. The third-order valence-corrected chi connectivity index (χ3v) is 3.88. The Morgan fingerprint density at radius 2 is 2.00 bits per heavy atom. The number of anilines is 2. The van der Waals surface area contributed by atoms with Crippen molar-refractivity contribution in [3.05, 3.63) is 23.8 Å². The van der Waals surface area contributed by atoms with Gasteiger partial charge in [0.1, 0.15) is 0 Å². The molecule has 1 aliphatic rings. The third kappa shape index (κ3) is 3.99. The summed E-state index contributed by atoms with van der Waals surface area (Å²) < 4.78 is 0. The second-order valence-corrected chi connectivity index (χ2v) is 6.18. The van der Waals surface area contributed by atoms with E-state index in [-0.39, 0.29) is 5.91 Å². The first kappa shape index (κ1) is 14.9. The number of nitrogens with zero attached hydrogens (tertiary/aromatic N) is 1. The van der Waals surface area contributed by atoms with Crippen LogP contribution in [0.2, 0.25) is 0 Å². The Morgan fingerprint density at radius 3 is 2.60 bits per heavy atom. The fourth-order valence-electron chi connectivity index (χ4n) is 2.69. The van der Waals surface area contributed by atoms with Crippen LogP contribution in [0.3, 0.4) is 0 Å². The van der Waals surface area contributed by atoms with Crippen LogP contribution < -0.4 is 10.2 Å². The minimum absolute atomic E-state index is 0.118. The molecule has 1 N–H and O–H groups in total. The van der Waals surface area contributed by atoms with Crippen molar-refractivity contribution in [3.8, 4) is 0 Å². The van der Waals surface area contributed by atoms with Crippen molar-refractivity contribution >= 4 is 17.3 Å². The summed E-state index contributed by atoms with van der Waals surface area (Å²) in [5.41, 5.74) is 3.47. The van der Waals surface area contributed by atoms with Gasteiger partial charge in [-0.05, 0) is 55.9 Å². The van der Waals surface area contributed by atoms with Gasteiger partial charge >= 0.3 is 0 Å². The van der Waals surface area contributed by atoms with Crippen LogP contribution in [0, 0.1) is 12.8 Å². The highest BCUT2D eigenvalue weighted by Gasteiger charge is 2.14. The molecule has 1 aromatic rings. The second kappa shape index (κ2) is 6.78. The van der Waals surface area contributed by atoms with Crippen molar-refractivity contribution in [1.82, 2.24) is 0 Å². The summed E-state index contributed by atoms with van der Waals surface area (Å²) in [6, 6.07) is 6.24. The van der Waals surface area contributed by atoms with Crippen molar-refractivity contribution in [2.45, 2.75) is 46.5 Å². The van der Waals surface area contributed by atoms with Crippen LogP contribution in [0.5, 0.6) is 0 Å². The molecule has 1 aliphatic heterocycles. The summed E-state index contributed by atoms with van der Waals surface area (Å²) in [5.74, 6) is 0.687. The molecule has 0 atom stereocenters. The fourth-order valence-corrected chi connectivity index (χ4v) is 2.69. The molecule has 20 heavy (non-hydrogen) atoms. The molecule has 3 heteroatoms. The monoisotopic (exact) mass is 274 g/mol. The lowest BCUT2D eigenvalue weighted by atomic mass is 10.1. The van der Waals surface area contributed by atoms with E-state index in [4.69, 9.17) is 0 Å². The van der Waals surface area contributed by atoms with Crippen molar-refractivity contribution in [1.29, 1.82) is 0 Å². The average Bonchev–Trinajstić information content (AvgIpc) is 2.90. The quantitative estimate of drug-likeness (QED) is 0.881. The minimum Gasteiger partial charge on any atom is -0.371 e. The average molecular weight is 274 g/mol. The molecule has 0 unspecified atom stereocenters. The summed E-state index contributed by atoms with van der Waals surface area (Å²) in [4.78, 5) is 14.3. The Balaban J connectivity index is 1.96. The highest BCUT2D eigenvalue weighted by Crippen LogP contribution is 2.26. The largest absolute Gasteiger partial charge is 0.371 e. The molecular weight excluding hydrogens is 248 g/mol. The van der Waals surface area contributed by atoms with E-state index >= 15 is 0 Å². The van der Waals surface area contributed by atoms with Crippen molar-refractivity contribution in [2.24, 2.45) is 5.92 Å². The number of hydrogen-bond acceptors (Lipinski definition) is 2. The van der Waals surface area contributed by atoms with E-state index in [0.717, 1.165) is 25.2 Å². The van der Waals surface area contributed by atoms with Crippen molar-refractivity contribution in [3.63, 3.8) is 0 Å². The van der Waals surface area contributed by atoms with Gasteiger partial charge in [0.25, 0.3) is 0 Å². The van der Waals surface area contributed by atoms with Gasteiger partial charge in [0.05, 0.1) is 0 Å². The first-order valence-electron chi connectivity index (χ1n) is 7.71. The van der Waals surface area contributed by atoms with E-state index in [1.54, 1.807) is 0 Å². The molecule has 0 aromatic heterocycles. The lowest BCUT2D eigenvalue weighted by molar-refractivity contribution is -0.116. The second-order valence-electron chi connectivity index (χ2n) is 6.18. The molecule has 0 radical (unpaired) electrons. The maximum atomic E-state index is 11.8. The van der Waals surface area contributed by atoms with Crippen LogP contribution in [0.1, 0.15) is 45.1 Å². The molecule has 1 amide bonds. The van der Waals surface area contributed by atoms with Crippen LogP contribution in [0.15, 0.2) is 18.2 Å². The zero-order valence-electron chi connectivity index (χ0n) is 12.9. The van der Waals surface area contributed by atoms with E-state index in [1.807, 2.05) is 6.07 Å². The Morgan fingerprint density at radius 1 is 1.30 bits per heavy atom. The number of carbonyl (C=O) groups is 1. The molecule has 3 nitrogen and oxygen atoms in total. The molecule has 1 heterocycles. The maximum absolute atomic E-state index is 11.8. The van der Waals surface area contributed by atoms with Gasteiger partial charge in [0, 0.05) is 30.9 Å². The van der Waals surface area contributed by atoms with Crippen LogP contribution in [0.25, 0.3) is 0 Å². The topological polar surface area (TPSA) is 32.3 Å². The number of rotatable bonds is 5. The molecule has 0 aliphatic carbocycles. The van der Waals surface area contributed by atoms with Gasteiger partial charge in [-0.2, -0.15) is 0 Å². The molecule has 1 saturated heterocycles. The minimum atomic E-state index is 0.118. The molecule has 1 aromatic carbocycles. The molecule has 0 bridgehead atoms. The molecule has 2 rings (SSSR count). The van der Waals surface area contributed by atoms with Gasteiger partial charge in [0.2, 0.25) is 5.91 Å². The van der Waals surface area contributed by atoms with E-state index in [1.165, 1.54) is 24.1 Å². The van der Waals surface area contributed by atoms with Gasteiger partial charge in [-0.15, -0.1) is 0 Å². The summed E-state index contributed by atoms with van der Waals surface area (Å²) in [7, 11) is 0. The van der Waals surface area contributed by atoms with Crippen molar-refractivity contribution in [2.75, 3.05) is 23.3 Å². The maximum Gasteiger partial charge on any atom is 0.224 e. The first-order valence-corrected chi connectivity index (χ1v) is 7.71. The van der Waals surface area contributed by atoms with E-state index < -0.39 is 0 Å². The predicted molar refractivity (Wildman–Crippen MR) is 85.3 cm³/mol. The van der Waals surface area contributed by atoms with Gasteiger partial charge in [-0.1, -0.05) is 13.8 Å². The number of aryl methyl sites for hydroxylation is 1. The zero-order valence-corrected chi connectivity index (χ0v) is 12.9. The normalized spacial score (nSPS) is 14.9.